The molecule has 0 fully saturated rings. The van der Waals surface area contributed by atoms with Crippen LogP contribution < -0.4 is 15.2 Å². The molecule has 4 nitrogen and oxygen atoms in total. The van der Waals surface area contributed by atoms with Crippen LogP contribution in [0, 0.1) is 5.41 Å². The summed E-state index contributed by atoms with van der Waals surface area (Å²) in [6.45, 7) is 1.58. The van der Waals surface area contributed by atoms with Crippen LogP contribution in [0.1, 0.15) is 11.1 Å². The fourth-order valence-electron chi connectivity index (χ4n) is 3.00. The molecule has 0 heterocycles. The molecule has 0 aliphatic heterocycles. The van der Waals surface area contributed by atoms with Gasteiger partial charge < -0.3 is 27.6 Å². The molecule has 36 heavy (non-hydrogen) atoms. The van der Waals surface area contributed by atoms with Crippen LogP contribution in [0.2, 0.25) is 0 Å². The van der Waals surface area contributed by atoms with E-state index in [0.29, 0.717) is 0 Å². The van der Waals surface area contributed by atoms with Crippen LogP contribution in [0.5, 0.6) is 0 Å². The zero-order valence-corrected chi connectivity index (χ0v) is 25.3. The van der Waals surface area contributed by atoms with Crippen molar-refractivity contribution in [1.82, 2.24) is 4.90 Å². The van der Waals surface area contributed by atoms with E-state index in [4.69, 9.17) is 35.0 Å². The molecule has 0 atom stereocenters. The van der Waals surface area contributed by atoms with Gasteiger partial charge in [-0.2, -0.15) is 0 Å². The number of nitrogens with two attached hydrogens (primary N) is 1. The van der Waals surface area contributed by atoms with Crippen molar-refractivity contribution in [3.63, 3.8) is 0 Å². The minimum absolute atomic E-state index is 0.0359. The fourth-order valence-corrected chi connectivity index (χ4v) is 4.25. The first-order chi connectivity index (χ1) is 17.5. The molecule has 0 aromatic heterocycles. The molecule has 4 rings (SSSR count). The first-order valence-corrected chi connectivity index (χ1v) is 14.8. The molecule has 4 N–H and O–H groups in total. The number of anilines is 1. The number of thiocarbonyl (C=S) groups is 1. The molecule has 0 unspecified atom stereocenters. The van der Waals surface area contributed by atoms with Gasteiger partial charge in [-0.15, -0.1) is 0 Å². The normalized spacial score (nSPS) is 9.53. The Labute approximate surface area is 238 Å². The first-order valence-electron chi connectivity index (χ1n) is 11.2. The number of hydrogen-bond acceptors (Lipinski definition) is 4. The van der Waals surface area contributed by atoms with Gasteiger partial charge in [0.15, 0.2) is 5.96 Å². The molecule has 0 aliphatic rings. The summed E-state index contributed by atoms with van der Waals surface area (Å²) in [5.74, 6) is -0.0359. The second-order valence-corrected chi connectivity index (χ2v) is 11.0. The Kier molecular flexibility index (Phi) is 14.6. The van der Waals surface area contributed by atoms with Crippen molar-refractivity contribution in [2.24, 2.45) is 5.73 Å². The summed E-state index contributed by atoms with van der Waals surface area (Å²) in [5.41, 5.74) is 8.42. The summed E-state index contributed by atoms with van der Waals surface area (Å²) in [6.07, 6.45) is 0. The molecule has 0 spiro atoms. The predicted octanol–water partition coefficient (Wildman–Crippen LogP) is 6.02. The predicted molar refractivity (Wildman–Crippen MR) is 158 cm³/mol. The summed E-state index contributed by atoms with van der Waals surface area (Å²) in [6, 6.07) is 40.4. The zero-order valence-electron chi connectivity index (χ0n) is 19.9. The maximum absolute atomic E-state index is 6.90. The topological polar surface area (TPSA) is 65.1 Å². The van der Waals surface area contributed by atoms with Crippen LogP contribution in [0.15, 0.2) is 121 Å². The average Bonchev–Trinajstić information content (AvgIpc) is 2.90. The van der Waals surface area contributed by atoms with Crippen LogP contribution in [0.25, 0.3) is 0 Å². The molecule has 0 aliphatic carbocycles. The number of benzene rings is 4. The van der Waals surface area contributed by atoms with Gasteiger partial charge in [0.05, 0.1) is 0 Å². The second kappa shape index (κ2) is 17.7. The molecule has 180 valence electrons. The molecule has 4 aromatic rings. The summed E-state index contributed by atoms with van der Waals surface area (Å²) in [7, 11) is 1.21. The molecular weight excluding hydrogens is 554 g/mol. The maximum atomic E-state index is 6.90. The molecule has 0 amide bonds. The minimum atomic E-state index is -0.0359. The zero-order chi connectivity index (χ0) is 26.0. The van der Waals surface area contributed by atoms with E-state index in [-0.39, 0.29) is 5.96 Å². The summed E-state index contributed by atoms with van der Waals surface area (Å²) in [5, 5.41) is 9.56. The van der Waals surface area contributed by atoms with E-state index < -0.39 is 0 Å². The van der Waals surface area contributed by atoms with E-state index in [1.807, 2.05) is 72.8 Å². The van der Waals surface area contributed by atoms with E-state index in [2.05, 4.69) is 58.7 Å². The van der Waals surface area contributed by atoms with Crippen molar-refractivity contribution in [2.45, 2.75) is 13.1 Å². The number of nitrogens with one attached hydrogen (secondary N) is 2. The Morgan fingerprint density at radius 2 is 1.17 bits per heavy atom. The van der Waals surface area contributed by atoms with Crippen LogP contribution in [0.4, 0.5) is 5.69 Å². The molecule has 0 saturated carbocycles. The van der Waals surface area contributed by atoms with Gasteiger partial charge >= 0.3 is 52.8 Å². The molecule has 0 saturated heterocycles. The van der Waals surface area contributed by atoms with Crippen molar-refractivity contribution >= 4 is 54.8 Å². The van der Waals surface area contributed by atoms with Crippen LogP contribution in [0.3, 0.4) is 0 Å². The Bertz CT molecular complexity index is 1110. The third-order valence-electron chi connectivity index (χ3n) is 4.66. The third kappa shape index (κ3) is 12.9. The first kappa shape index (κ1) is 29.6. The third-order valence-corrected chi connectivity index (χ3v) is 7.35. The second-order valence-electron chi connectivity index (χ2n) is 7.57. The summed E-state index contributed by atoms with van der Waals surface area (Å²) in [4.78, 5) is 2.14. The van der Waals surface area contributed by atoms with Gasteiger partial charge in [0.25, 0.3) is 0 Å². The van der Waals surface area contributed by atoms with Gasteiger partial charge in [0.2, 0.25) is 0 Å². The quantitative estimate of drug-likeness (QED) is 0.0669. The Morgan fingerprint density at radius 3 is 1.50 bits per heavy atom. The molecular formula is C28H28N4S3Zn. The van der Waals surface area contributed by atoms with Crippen molar-refractivity contribution in [3.05, 3.63) is 132 Å². The van der Waals surface area contributed by atoms with Gasteiger partial charge in [-0.1, -0.05) is 91.1 Å². The van der Waals surface area contributed by atoms with Crippen molar-refractivity contribution < 1.29 is 18.3 Å². The van der Waals surface area contributed by atoms with Crippen molar-refractivity contribution in [2.75, 3.05) is 5.32 Å². The van der Waals surface area contributed by atoms with E-state index in [1.54, 1.807) is 0 Å². The molecule has 8 heteroatoms. The van der Waals surface area contributed by atoms with E-state index >= 15 is 0 Å². The van der Waals surface area contributed by atoms with Crippen molar-refractivity contribution in [1.29, 1.82) is 5.41 Å². The van der Waals surface area contributed by atoms with Gasteiger partial charge in [-0.3, -0.25) is 16.2 Å². The van der Waals surface area contributed by atoms with Gasteiger partial charge in [0, 0.05) is 18.8 Å². The average molecular weight is 582 g/mol. The Hall–Kier alpha value is -2.64. The van der Waals surface area contributed by atoms with Crippen LogP contribution in [-0.2, 0) is 43.1 Å². The van der Waals surface area contributed by atoms with Crippen LogP contribution in [-0.4, -0.2) is 15.2 Å². The number of nitrogens with zero attached hydrogens (tertiary/aromatic N) is 1. The van der Waals surface area contributed by atoms with E-state index in [0.717, 1.165) is 23.1 Å². The van der Waals surface area contributed by atoms with E-state index in [1.165, 1.54) is 44.4 Å². The number of rotatable bonds is 5. The number of guanidine groups is 1. The number of para-hydroxylation sites is 1. The Balaban J connectivity index is 0.000000222. The summed E-state index contributed by atoms with van der Waals surface area (Å²) < 4.78 is 2.20. The van der Waals surface area contributed by atoms with E-state index in [9.17, 15) is 0 Å². The fraction of sp³-hybridized carbons (Fsp3) is 0.0714. The molecule has 0 radical (unpaired) electrons. The summed E-state index contributed by atoms with van der Waals surface area (Å²) >= 11 is 11.6. The molecule has 4 aromatic carbocycles. The SMILES string of the molecule is N=C(N)Nc1ccccc1.S=C(S[S-])N(Cc1ccccc1)Cc1ccccc1.[Zn+][c]1ccccc1. The Morgan fingerprint density at radius 1 is 0.778 bits per heavy atom. The van der Waals surface area contributed by atoms with Gasteiger partial charge in [-0.05, 0) is 23.3 Å². The monoisotopic (exact) mass is 580 g/mol. The molecule has 0 bridgehead atoms. The van der Waals surface area contributed by atoms with Gasteiger partial charge in [0.1, 0.15) is 4.32 Å². The standard InChI is InChI=1S/C15H15NS3.C7H9N3.C6H5.Zn/c17-15(19-18)16(11-13-7-3-1-4-8-13)12-14-9-5-2-6-10-14;8-7(9)10-6-4-2-1-3-5-6;1-2-4-6-5-3-1;/h1-10,18H,11-12H2;1-5H,(H4,8,9,10);1-5H;/q;;;+1/p-1. The number of hydrogen-bond donors (Lipinski definition) is 3. The van der Waals surface area contributed by atoms with Crippen LogP contribution >= 0.6 is 23.0 Å². The van der Waals surface area contributed by atoms with Crippen molar-refractivity contribution in [3.8, 4) is 0 Å². The van der Waals surface area contributed by atoms with Gasteiger partial charge in [-0.25, -0.2) is 0 Å².